The molecule has 1 nitrogen and oxygen atoms in total. The van der Waals surface area contributed by atoms with E-state index in [0.29, 0.717) is 6.61 Å². The van der Waals surface area contributed by atoms with E-state index in [0.717, 1.165) is 28.8 Å². The van der Waals surface area contributed by atoms with Crippen LogP contribution in [0.3, 0.4) is 0 Å². The zero-order valence-corrected chi connectivity index (χ0v) is 14.8. The Bertz CT molecular complexity index is 124. The van der Waals surface area contributed by atoms with Crippen molar-refractivity contribution in [2.75, 3.05) is 42.5 Å². The zero-order valence-electron chi connectivity index (χ0n) is 9.41. The number of hydrogen-bond acceptors (Lipinski definition) is 7. The summed E-state index contributed by atoms with van der Waals surface area (Å²) in [5.41, 5.74) is 0.123. The van der Waals surface area contributed by atoms with Crippen molar-refractivity contribution in [2.24, 2.45) is 5.41 Å². The highest BCUT2D eigenvalue weighted by Crippen LogP contribution is 2.23. The van der Waals surface area contributed by atoms with Crippen molar-refractivity contribution in [2.45, 2.75) is 5.25 Å². The normalized spacial score (nSPS) is 12.9. The van der Waals surface area contributed by atoms with Gasteiger partial charge in [0, 0.05) is 23.5 Å². The van der Waals surface area contributed by atoms with Gasteiger partial charge in [0.25, 0.3) is 0 Å². The van der Waals surface area contributed by atoms with Crippen LogP contribution in [0.4, 0.5) is 0 Å². The largest absolute Gasteiger partial charge is 0.384 e. The predicted octanol–water partition coefficient (Wildman–Crippen LogP) is 2.55. The van der Waals surface area contributed by atoms with Gasteiger partial charge in [0.15, 0.2) is 0 Å². The molecule has 0 aliphatic heterocycles. The summed E-state index contributed by atoms with van der Waals surface area (Å²) < 4.78 is 4.77. The van der Waals surface area contributed by atoms with Crippen molar-refractivity contribution in [3.63, 3.8) is 0 Å². The Labute approximate surface area is 133 Å². The van der Waals surface area contributed by atoms with Gasteiger partial charge in [-0.05, 0) is 23.0 Å². The molecule has 0 saturated carbocycles. The van der Waals surface area contributed by atoms with Crippen LogP contribution in [0.25, 0.3) is 0 Å². The van der Waals surface area contributed by atoms with Gasteiger partial charge in [-0.15, -0.1) is 0 Å². The summed E-state index contributed by atoms with van der Waals surface area (Å²) in [5.74, 6) is 4.01. The average Bonchev–Trinajstić information content (AvgIpc) is 2.34. The first kappa shape index (κ1) is 20.4. The molecule has 16 heavy (non-hydrogen) atoms. The number of ether oxygens (including phenoxy) is 1. The first-order valence-electron chi connectivity index (χ1n) is 4.77. The van der Waals surface area contributed by atoms with Crippen LogP contribution in [0.2, 0.25) is 0 Å². The third-order valence-corrected chi connectivity index (χ3v) is 5.66. The molecule has 0 saturated heterocycles. The van der Waals surface area contributed by atoms with E-state index in [-0.39, 0.29) is 10.7 Å². The van der Waals surface area contributed by atoms with Gasteiger partial charge in [-0.2, -0.15) is 75.8 Å². The van der Waals surface area contributed by atoms with Gasteiger partial charge in [0.1, 0.15) is 0 Å². The maximum Gasteiger partial charge on any atom is 0.0586 e. The minimum Gasteiger partial charge on any atom is -0.384 e. The van der Waals surface area contributed by atoms with Gasteiger partial charge in [0.05, 0.1) is 6.61 Å². The van der Waals surface area contributed by atoms with Gasteiger partial charge < -0.3 is 4.74 Å². The molecular weight excluding hydrogens is 316 g/mol. The molecule has 7 heteroatoms. The Hall–Kier alpha value is 2.06. The molecule has 0 aromatic carbocycles. The van der Waals surface area contributed by atoms with Crippen molar-refractivity contribution in [3.8, 4) is 0 Å². The topological polar surface area (TPSA) is 9.23 Å². The quantitative estimate of drug-likeness (QED) is 0.391. The Morgan fingerprint density at radius 3 is 1.38 bits per heavy atom. The highest BCUT2D eigenvalue weighted by Gasteiger charge is 2.22. The number of thiol groups is 6. The third-order valence-electron chi connectivity index (χ3n) is 1.91. The minimum atomic E-state index is 0.123. The standard InChI is InChI=1S/C5H12S4.C4H10OS2/c6-1-5(2-7,3-8)4-9;1-5-2-4(7)3-6/h6-9H,1-4H2;4,6-7H,2-3H2,1H3. The van der Waals surface area contributed by atoms with Crippen molar-refractivity contribution < 1.29 is 4.74 Å². The monoisotopic (exact) mass is 338 g/mol. The second-order valence-electron chi connectivity index (χ2n) is 3.42. The van der Waals surface area contributed by atoms with Gasteiger partial charge in [0.2, 0.25) is 0 Å². The molecule has 0 spiro atoms. The molecule has 0 aromatic heterocycles. The van der Waals surface area contributed by atoms with Crippen LogP contribution in [0.5, 0.6) is 0 Å². The summed E-state index contributed by atoms with van der Waals surface area (Å²) >= 11 is 24.9. The summed E-state index contributed by atoms with van der Waals surface area (Å²) in [6, 6.07) is 0. The van der Waals surface area contributed by atoms with E-state index in [9.17, 15) is 0 Å². The Kier molecular flexibility index (Phi) is 17.2. The van der Waals surface area contributed by atoms with Crippen LogP contribution >= 0.6 is 75.8 Å². The molecule has 0 bridgehead atoms. The van der Waals surface area contributed by atoms with Crippen molar-refractivity contribution in [1.29, 1.82) is 0 Å². The first-order valence-corrected chi connectivity index (χ1v) is 8.45. The van der Waals surface area contributed by atoms with Crippen LogP contribution in [0, 0.1) is 5.41 Å². The fourth-order valence-electron chi connectivity index (χ4n) is 0.545. The summed E-state index contributed by atoms with van der Waals surface area (Å²) in [6.45, 7) is 0.687. The van der Waals surface area contributed by atoms with Crippen LogP contribution in [0.1, 0.15) is 0 Å². The Morgan fingerprint density at radius 1 is 0.938 bits per heavy atom. The van der Waals surface area contributed by atoms with E-state index < -0.39 is 0 Å². The van der Waals surface area contributed by atoms with Gasteiger partial charge in [-0.25, -0.2) is 0 Å². The van der Waals surface area contributed by atoms with Gasteiger partial charge >= 0.3 is 0 Å². The third kappa shape index (κ3) is 10.0. The lowest BCUT2D eigenvalue weighted by Gasteiger charge is -2.25. The minimum absolute atomic E-state index is 0.123. The fourth-order valence-corrected chi connectivity index (χ4v) is 3.20. The summed E-state index contributed by atoms with van der Waals surface area (Å²) in [5, 5.41) is 0.285. The van der Waals surface area contributed by atoms with Crippen molar-refractivity contribution >= 4 is 75.8 Å². The van der Waals surface area contributed by atoms with Crippen molar-refractivity contribution in [3.05, 3.63) is 0 Å². The van der Waals surface area contributed by atoms with E-state index in [2.05, 4.69) is 75.8 Å². The molecule has 0 aromatic rings. The smallest absolute Gasteiger partial charge is 0.0586 e. The number of methoxy groups -OCH3 is 1. The molecule has 0 heterocycles. The van der Waals surface area contributed by atoms with E-state index >= 15 is 0 Å². The van der Waals surface area contributed by atoms with E-state index in [1.165, 1.54) is 0 Å². The Balaban J connectivity index is 0. The predicted molar refractivity (Wildman–Crippen MR) is 96.3 cm³/mol. The molecular formula is C9H22OS6. The molecule has 0 radical (unpaired) electrons. The second kappa shape index (κ2) is 13.5. The second-order valence-corrected chi connectivity index (χ2v) is 5.78. The Morgan fingerprint density at radius 2 is 1.31 bits per heavy atom. The van der Waals surface area contributed by atoms with Crippen molar-refractivity contribution in [1.82, 2.24) is 0 Å². The summed E-state index contributed by atoms with van der Waals surface area (Å²) in [7, 11) is 1.66. The first-order chi connectivity index (χ1) is 7.55. The molecule has 0 rings (SSSR count). The molecule has 1 atom stereocenters. The molecule has 0 N–H and O–H groups in total. The van der Waals surface area contributed by atoms with Crippen LogP contribution < -0.4 is 0 Å². The van der Waals surface area contributed by atoms with E-state index in [1.54, 1.807) is 7.11 Å². The molecule has 1 unspecified atom stereocenters. The van der Waals surface area contributed by atoms with E-state index in [4.69, 9.17) is 4.74 Å². The molecule has 0 amide bonds. The molecule has 0 aliphatic rings. The lowest BCUT2D eigenvalue weighted by molar-refractivity contribution is 0.204. The van der Waals surface area contributed by atoms with Gasteiger partial charge in [-0.1, -0.05) is 0 Å². The summed E-state index contributed by atoms with van der Waals surface area (Å²) in [4.78, 5) is 0. The number of hydrogen-bond donors (Lipinski definition) is 6. The fraction of sp³-hybridized carbons (Fsp3) is 1.00. The van der Waals surface area contributed by atoms with E-state index in [1.807, 2.05) is 0 Å². The lowest BCUT2D eigenvalue weighted by atomic mass is 9.99. The number of rotatable bonds is 7. The zero-order chi connectivity index (χ0) is 13.0. The maximum atomic E-state index is 4.77. The molecule has 100 valence electrons. The lowest BCUT2D eigenvalue weighted by Crippen LogP contribution is -2.29. The van der Waals surface area contributed by atoms with Crippen LogP contribution in [-0.4, -0.2) is 47.7 Å². The SMILES string of the molecule is COCC(S)CS.SCC(CS)(CS)CS. The summed E-state index contributed by atoms with van der Waals surface area (Å²) in [6.07, 6.45) is 0. The van der Waals surface area contributed by atoms with Gasteiger partial charge in [-0.3, -0.25) is 0 Å². The highest BCUT2D eigenvalue weighted by atomic mass is 32.1. The van der Waals surface area contributed by atoms with Crippen LogP contribution in [0.15, 0.2) is 0 Å². The van der Waals surface area contributed by atoms with Crippen LogP contribution in [-0.2, 0) is 4.74 Å². The molecule has 0 fully saturated rings. The maximum absolute atomic E-state index is 4.77. The molecule has 0 aliphatic carbocycles. The highest BCUT2D eigenvalue weighted by molar-refractivity contribution is 7.84. The average molecular weight is 339 g/mol.